The lowest BCUT2D eigenvalue weighted by atomic mass is 9.96. The Morgan fingerprint density at radius 3 is 2.61 bits per heavy atom. The molecule has 0 bridgehead atoms. The van der Waals surface area contributed by atoms with E-state index in [1.807, 2.05) is 0 Å². The first-order chi connectivity index (χ1) is 8.65. The highest BCUT2D eigenvalue weighted by molar-refractivity contribution is 5.84. The number of phenolic OH excluding ortho intramolecular Hbond substituents is 1. The van der Waals surface area contributed by atoms with E-state index in [4.69, 9.17) is 9.84 Å². The maximum atomic E-state index is 13.5. The summed E-state index contributed by atoms with van der Waals surface area (Å²) in [6, 6.07) is 6.00. The van der Waals surface area contributed by atoms with Crippen LogP contribution in [0.1, 0.15) is 25.7 Å². The molecule has 5 heteroatoms. The van der Waals surface area contributed by atoms with Crippen LogP contribution in [0.4, 0.5) is 14.9 Å². The standard InChI is InChI=1S/C13H16FNO3/c14-11-3-1-2-4-12(11)18-13(17)15-9-5-7-10(16)8-6-9/h5-8,11-12,16H,1-4H2,(H,15,17)/t11-,12-/m0/s1. The van der Waals surface area contributed by atoms with Crippen LogP contribution < -0.4 is 5.32 Å². The summed E-state index contributed by atoms with van der Waals surface area (Å²) in [5.41, 5.74) is 0.504. The van der Waals surface area contributed by atoms with Gasteiger partial charge in [-0.05, 0) is 43.5 Å². The van der Waals surface area contributed by atoms with Crippen molar-refractivity contribution < 1.29 is 19.0 Å². The normalized spacial score (nSPS) is 23.4. The molecule has 1 aromatic carbocycles. The van der Waals surface area contributed by atoms with Gasteiger partial charge in [0.05, 0.1) is 0 Å². The molecule has 1 aliphatic carbocycles. The fourth-order valence-electron chi connectivity index (χ4n) is 2.01. The topological polar surface area (TPSA) is 58.6 Å². The van der Waals surface area contributed by atoms with Crippen molar-refractivity contribution in [1.29, 1.82) is 0 Å². The number of hydrogen-bond donors (Lipinski definition) is 2. The number of halogens is 1. The van der Waals surface area contributed by atoms with E-state index in [1.165, 1.54) is 12.1 Å². The zero-order valence-corrected chi connectivity index (χ0v) is 9.93. The highest BCUT2D eigenvalue weighted by atomic mass is 19.1. The Morgan fingerprint density at radius 2 is 1.94 bits per heavy atom. The molecule has 0 heterocycles. The average molecular weight is 253 g/mol. The van der Waals surface area contributed by atoms with Crippen molar-refractivity contribution in [3.63, 3.8) is 0 Å². The first-order valence-electron chi connectivity index (χ1n) is 6.06. The predicted molar refractivity (Wildman–Crippen MR) is 65.4 cm³/mol. The van der Waals surface area contributed by atoms with Gasteiger partial charge in [0.15, 0.2) is 0 Å². The molecule has 2 rings (SSSR count). The van der Waals surface area contributed by atoms with Gasteiger partial charge in [-0.25, -0.2) is 9.18 Å². The molecule has 0 aliphatic heterocycles. The van der Waals surface area contributed by atoms with Gasteiger partial charge in [-0.1, -0.05) is 6.42 Å². The fraction of sp³-hybridized carbons (Fsp3) is 0.462. The van der Waals surface area contributed by atoms with E-state index in [9.17, 15) is 9.18 Å². The van der Waals surface area contributed by atoms with Gasteiger partial charge >= 0.3 is 6.09 Å². The Bertz CT molecular complexity index is 407. The first kappa shape index (κ1) is 12.7. The van der Waals surface area contributed by atoms with Gasteiger partial charge in [-0.15, -0.1) is 0 Å². The lowest BCUT2D eigenvalue weighted by Gasteiger charge is -2.25. The van der Waals surface area contributed by atoms with Crippen LogP contribution in [0.2, 0.25) is 0 Å². The van der Waals surface area contributed by atoms with Crippen LogP contribution in [0, 0.1) is 0 Å². The largest absolute Gasteiger partial charge is 0.508 e. The highest BCUT2D eigenvalue weighted by Crippen LogP contribution is 2.24. The number of anilines is 1. The zero-order chi connectivity index (χ0) is 13.0. The number of amides is 1. The van der Waals surface area contributed by atoms with Crippen molar-refractivity contribution >= 4 is 11.8 Å². The molecule has 0 aromatic heterocycles. The molecule has 0 saturated heterocycles. The van der Waals surface area contributed by atoms with Crippen LogP contribution in [0.15, 0.2) is 24.3 Å². The van der Waals surface area contributed by atoms with Crippen LogP contribution in [0.25, 0.3) is 0 Å². The summed E-state index contributed by atoms with van der Waals surface area (Å²) < 4.78 is 18.5. The first-order valence-corrected chi connectivity index (χ1v) is 6.06. The van der Waals surface area contributed by atoms with E-state index in [2.05, 4.69) is 5.32 Å². The fourth-order valence-corrected chi connectivity index (χ4v) is 2.01. The number of ether oxygens (including phenoxy) is 1. The molecule has 2 N–H and O–H groups in total. The lowest BCUT2D eigenvalue weighted by molar-refractivity contribution is 0.0272. The third-order valence-electron chi connectivity index (χ3n) is 2.99. The number of aromatic hydroxyl groups is 1. The minimum Gasteiger partial charge on any atom is -0.508 e. The van der Waals surface area contributed by atoms with Gasteiger partial charge in [0, 0.05) is 5.69 Å². The summed E-state index contributed by atoms with van der Waals surface area (Å²) in [6.07, 6.45) is 0.398. The Balaban J connectivity index is 1.86. The predicted octanol–water partition coefficient (Wildman–Crippen LogP) is 3.22. The van der Waals surface area contributed by atoms with E-state index in [0.29, 0.717) is 18.5 Å². The molecule has 1 aromatic rings. The van der Waals surface area contributed by atoms with Gasteiger partial charge in [-0.2, -0.15) is 0 Å². The average Bonchev–Trinajstić information content (AvgIpc) is 2.35. The molecular formula is C13H16FNO3. The lowest BCUT2D eigenvalue weighted by Crippen LogP contribution is -2.33. The molecular weight excluding hydrogens is 237 g/mol. The summed E-state index contributed by atoms with van der Waals surface area (Å²) in [4.78, 5) is 11.5. The van der Waals surface area contributed by atoms with Crippen LogP contribution in [0.3, 0.4) is 0 Å². The summed E-state index contributed by atoms with van der Waals surface area (Å²) in [5.74, 6) is 0.116. The highest BCUT2D eigenvalue weighted by Gasteiger charge is 2.28. The molecule has 98 valence electrons. The zero-order valence-electron chi connectivity index (χ0n) is 9.93. The molecule has 1 aliphatic rings. The minimum atomic E-state index is -1.07. The number of nitrogens with one attached hydrogen (secondary N) is 1. The van der Waals surface area contributed by atoms with Gasteiger partial charge < -0.3 is 9.84 Å². The summed E-state index contributed by atoms with van der Waals surface area (Å²) in [6.45, 7) is 0. The second-order valence-electron chi connectivity index (χ2n) is 4.42. The van der Waals surface area contributed by atoms with Crippen LogP contribution in [-0.2, 0) is 4.74 Å². The third kappa shape index (κ3) is 3.35. The molecule has 0 radical (unpaired) electrons. The van der Waals surface area contributed by atoms with Gasteiger partial charge in [-0.3, -0.25) is 5.32 Å². The number of benzene rings is 1. The molecule has 2 atom stereocenters. The van der Waals surface area contributed by atoms with Crippen molar-refractivity contribution in [3.8, 4) is 5.75 Å². The van der Waals surface area contributed by atoms with Gasteiger partial charge in [0.1, 0.15) is 18.0 Å². The number of rotatable bonds is 2. The molecule has 1 fully saturated rings. The SMILES string of the molecule is O=C(Nc1ccc(O)cc1)O[C@H]1CCCC[C@@H]1F. The van der Waals surface area contributed by atoms with Crippen molar-refractivity contribution in [3.05, 3.63) is 24.3 Å². The second-order valence-corrected chi connectivity index (χ2v) is 4.42. The van der Waals surface area contributed by atoms with Crippen molar-refractivity contribution in [2.24, 2.45) is 0 Å². The third-order valence-corrected chi connectivity index (χ3v) is 2.99. The monoisotopic (exact) mass is 253 g/mol. The molecule has 18 heavy (non-hydrogen) atoms. The van der Waals surface area contributed by atoms with E-state index in [0.717, 1.165) is 12.8 Å². The summed E-state index contributed by atoms with van der Waals surface area (Å²) >= 11 is 0. The van der Waals surface area contributed by atoms with Crippen molar-refractivity contribution in [2.45, 2.75) is 38.0 Å². The van der Waals surface area contributed by atoms with Crippen LogP contribution >= 0.6 is 0 Å². The van der Waals surface area contributed by atoms with E-state index in [-0.39, 0.29) is 5.75 Å². The van der Waals surface area contributed by atoms with E-state index >= 15 is 0 Å². The number of carbonyl (C=O) groups excluding carboxylic acids is 1. The Hall–Kier alpha value is -1.78. The number of alkyl halides is 1. The van der Waals surface area contributed by atoms with Crippen molar-refractivity contribution in [2.75, 3.05) is 5.32 Å². The van der Waals surface area contributed by atoms with Crippen molar-refractivity contribution in [1.82, 2.24) is 0 Å². The molecule has 1 saturated carbocycles. The number of carbonyl (C=O) groups is 1. The van der Waals surface area contributed by atoms with Crippen LogP contribution in [0.5, 0.6) is 5.75 Å². The van der Waals surface area contributed by atoms with E-state index < -0.39 is 18.4 Å². The molecule has 1 amide bonds. The maximum Gasteiger partial charge on any atom is 0.411 e. The quantitative estimate of drug-likeness (QED) is 0.795. The minimum absolute atomic E-state index is 0.116. The Morgan fingerprint density at radius 1 is 1.28 bits per heavy atom. The smallest absolute Gasteiger partial charge is 0.411 e. The molecule has 0 spiro atoms. The Kier molecular flexibility index (Phi) is 4.02. The second kappa shape index (κ2) is 5.71. The number of phenols is 1. The molecule has 4 nitrogen and oxygen atoms in total. The van der Waals surface area contributed by atoms with Crippen LogP contribution in [-0.4, -0.2) is 23.5 Å². The Labute approximate surface area is 105 Å². The molecule has 0 unspecified atom stereocenters. The summed E-state index contributed by atoms with van der Waals surface area (Å²) in [5, 5.41) is 11.6. The van der Waals surface area contributed by atoms with Gasteiger partial charge in [0.2, 0.25) is 0 Å². The summed E-state index contributed by atoms with van der Waals surface area (Å²) in [7, 11) is 0. The van der Waals surface area contributed by atoms with E-state index in [1.54, 1.807) is 12.1 Å². The van der Waals surface area contributed by atoms with Gasteiger partial charge in [0.25, 0.3) is 0 Å². The number of hydrogen-bond acceptors (Lipinski definition) is 3. The maximum absolute atomic E-state index is 13.5.